The van der Waals surface area contributed by atoms with Gasteiger partial charge < -0.3 is 5.73 Å². The molecule has 0 fully saturated rings. The van der Waals surface area contributed by atoms with Crippen LogP contribution >= 0.6 is 11.3 Å². The van der Waals surface area contributed by atoms with Crippen molar-refractivity contribution in [1.29, 1.82) is 0 Å². The molecule has 1 heterocycles. The maximum Gasteiger partial charge on any atom is 0.0898 e. The molecule has 2 rings (SSSR count). The minimum Gasteiger partial charge on any atom is -0.319 e. The standard InChI is InChI=1S/C12H14N2S/c1-8-3-5-10(6-4-8)12(13)11-7-15-9(2)14-11/h3-7,12H,13H2,1-2H3. The van der Waals surface area contributed by atoms with Gasteiger partial charge in [0.25, 0.3) is 0 Å². The number of rotatable bonds is 2. The summed E-state index contributed by atoms with van der Waals surface area (Å²) in [6, 6.07) is 8.18. The minimum atomic E-state index is -0.101. The van der Waals surface area contributed by atoms with Crippen LogP contribution in [-0.2, 0) is 0 Å². The highest BCUT2D eigenvalue weighted by Gasteiger charge is 2.11. The van der Waals surface area contributed by atoms with Gasteiger partial charge in [-0.1, -0.05) is 29.8 Å². The van der Waals surface area contributed by atoms with Gasteiger partial charge in [0, 0.05) is 5.38 Å². The molecule has 0 bridgehead atoms. The van der Waals surface area contributed by atoms with Gasteiger partial charge in [0.15, 0.2) is 0 Å². The van der Waals surface area contributed by atoms with E-state index in [0.717, 1.165) is 16.3 Å². The number of hydrogen-bond acceptors (Lipinski definition) is 3. The van der Waals surface area contributed by atoms with E-state index in [9.17, 15) is 0 Å². The van der Waals surface area contributed by atoms with E-state index >= 15 is 0 Å². The zero-order valence-corrected chi connectivity index (χ0v) is 9.71. The smallest absolute Gasteiger partial charge is 0.0898 e. The van der Waals surface area contributed by atoms with Crippen molar-refractivity contribution in [2.45, 2.75) is 19.9 Å². The molecule has 0 spiro atoms. The number of benzene rings is 1. The zero-order valence-electron chi connectivity index (χ0n) is 8.90. The van der Waals surface area contributed by atoms with Crippen molar-refractivity contribution in [3.63, 3.8) is 0 Å². The van der Waals surface area contributed by atoms with E-state index in [-0.39, 0.29) is 6.04 Å². The molecule has 0 aliphatic rings. The predicted octanol–water partition coefficient (Wildman–Crippen LogP) is 2.81. The monoisotopic (exact) mass is 218 g/mol. The number of aromatic nitrogens is 1. The topological polar surface area (TPSA) is 38.9 Å². The first-order valence-electron chi connectivity index (χ1n) is 4.91. The molecule has 0 saturated carbocycles. The van der Waals surface area contributed by atoms with Crippen LogP contribution in [0, 0.1) is 13.8 Å². The van der Waals surface area contributed by atoms with E-state index in [1.165, 1.54) is 5.56 Å². The third kappa shape index (κ3) is 2.25. The molecule has 0 radical (unpaired) electrons. The molecule has 2 nitrogen and oxygen atoms in total. The second-order valence-electron chi connectivity index (χ2n) is 3.68. The van der Waals surface area contributed by atoms with E-state index < -0.39 is 0 Å². The largest absolute Gasteiger partial charge is 0.319 e. The fourth-order valence-corrected chi connectivity index (χ4v) is 2.12. The lowest BCUT2D eigenvalue weighted by Gasteiger charge is -2.09. The van der Waals surface area contributed by atoms with Gasteiger partial charge in [0.1, 0.15) is 0 Å². The Kier molecular flexibility index (Phi) is 2.84. The van der Waals surface area contributed by atoms with Crippen LogP contribution in [0.3, 0.4) is 0 Å². The van der Waals surface area contributed by atoms with E-state index in [4.69, 9.17) is 5.73 Å². The minimum absolute atomic E-state index is 0.101. The van der Waals surface area contributed by atoms with Crippen LogP contribution in [0.5, 0.6) is 0 Å². The summed E-state index contributed by atoms with van der Waals surface area (Å²) < 4.78 is 0. The van der Waals surface area contributed by atoms with Crippen LogP contribution < -0.4 is 5.73 Å². The average Bonchev–Trinajstić information content (AvgIpc) is 2.65. The maximum absolute atomic E-state index is 6.12. The lowest BCUT2D eigenvalue weighted by molar-refractivity contribution is 0.834. The highest BCUT2D eigenvalue weighted by atomic mass is 32.1. The highest BCUT2D eigenvalue weighted by molar-refractivity contribution is 7.09. The first-order chi connectivity index (χ1) is 7.16. The van der Waals surface area contributed by atoms with Gasteiger partial charge in [-0.05, 0) is 19.4 Å². The van der Waals surface area contributed by atoms with Crippen LogP contribution in [0.2, 0.25) is 0 Å². The Morgan fingerprint density at radius 1 is 1.20 bits per heavy atom. The Morgan fingerprint density at radius 2 is 1.87 bits per heavy atom. The highest BCUT2D eigenvalue weighted by Crippen LogP contribution is 2.21. The molecular weight excluding hydrogens is 204 g/mol. The summed E-state index contributed by atoms with van der Waals surface area (Å²) in [5.41, 5.74) is 9.45. The van der Waals surface area contributed by atoms with Gasteiger partial charge in [0.05, 0.1) is 16.7 Å². The van der Waals surface area contributed by atoms with Crippen LogP contribution in [0.15, 0.2) is 29.6 Å². The van der Waals surface area contributed by atoms with E-state index in [0.29, 0.717) is 0 Å². The van der Waals surface area contributed by atoms with Crippen molar-refractivity contribution < 1.29 is 0 Å². The van der Waals surface area contributed by atoms with Crippen molar-refractivity contribution in [1.82, 2.24) is 4.98 Å². The maximum atomic E-state index is 6.12. The molecule has 1 atom stereocenters. The molecule has 0 aliphatic carbocycles. The predicted molar refractivity (Wildman–Crippen MR) is 64.1 cm³/mol. The van der Waals surface area contributed by atoms with Gasteiger partial charge in [0.2, 0.25) is 0 Å². The van der Waals surface area contributed by atoms with Crippen molar-refractivity contribution in [2.75, 3.05) is 0 Å². The molecule has 1 unspecified atom stereocenters. The van der Waals surface area contributed by atoms with Crippen LogP contribution in [-0.4, -0.2) is 4.98 Å². The molecule has 2 aromatic rings. The quantitative estimate of drug-likeness (QED) is 0.841. The van der Waals surface area contributed by atoms with E-state index in [2.05, 4.69) is 36.2 Å². The Hall–Kier alpha value is -1.19. The average molecular weight is 218 g/mol. The Bertz CT molecular complexity index is 445. The molecule has 2 N–H and O–H groups in total. The molecule has 78 valence electrons. The van der Waals surface area contributed by atoms with Gasteiger partial charge in [-0.3, -0.25) is 0 Å². The molecule has 0 saturated heterocycles. The van der Waals surface area contributed by atoms with Crippen LogP contribution in [0.1, 0.15) is 27.9 Å². The van der Waals surface area contributed by atoms with E-state index in [1.54, 1.807) is 11.3 Å². The summed E-state index contributed by atoms with van der Waals surface area (Å²) >= 11 is 1.64. The molecule has 0 amide bonds. The van der Waals surface area contributed by atoms with Gasteiger partial charge in [-0.2, -0.15) is 0 Å². The number of thiazole rings is 1. The Balaban J connectivity index is 2.28. The zero-order chi connectivity index (χ0) is 10.8. The lowest BCUT2D eigenvalue weighted by atomic mass is 10.0. The summed E-state index contributed by atoms with van der Waals surface area (Å²) in [4.78, 5) is 4.40. The van der Waals surface area contributed by atoms with Gasteiger partial charge in [-0.15, -0.1) is 11.3 Å². The van der Waals surface area contributed by atoms with Crippen molar-refractivity contribution in [2.24, 2.45) is 5.73 Å². The van der Waals surface area contributed by atoms with Crippen LogP contribution in [0.4, 0.5) is 0 Å². The lowest BCUT2D eigenvalue weighted by Crippen LogP contribution is -2.12. The molecule has 15 heavy (non-hydrogen) atoms. The molecule has 0 aliphatic heterocycles. The molecular formula is C12H14N2S. The summed E-state index contributed by atoms with van der Waals surface area (Å²) in [6.07, 6.45) is 0. The van der Waals surface area contributed by atoms with Gasteiger partial charge >= 0.3 is 0 Å². The van der Waals surface area contributed by atoms with Gasteiger partial charge in [-0.25, -0.2) is 4.98 Å². The molecule has 3 heteroatoms. The summed E-state index contributed by atoms with van der Waals surface area (Å²) in [6.45, 7) is 4.07. The fraction of sp³-hybridized carbons (Fsp3) is 0.250. The molecule has 1 aromatic heterocycles. The Labute approximate surface area is 93.8 Å². The van der Waals surface area contributed by atoms with Crippen LogP contribution in [0.25, 0.3) is 0 Å². The summed E-state index contributed by atoms with van der Waals surface area (Å²) in [5, 5.41) is 3.09. The first-order valence-corrected chi connectivity index (χ1v) is 5.79. The van der Waals surface area contributed by atoms with E-state index in [1.807, 2.05) is 12.3 Å². The van der Waals surface area contributed by atoms with Crippen molar-refractivity contribution in [3.05, 3.63) is 51.5 Å². The van der Waals surface area contributed by atoms with Crippen molar-refractivity contribution >= 4 is 11.3 Å². The summed E-state index contributed by atoms with van der Waals surface area (Å²) in [5.74, 6) is 0. The molecule has 1 aromatic carbocycles. The fourth-order valence-electron chi connectivity index (χ4n) is 1.47. The number of hydrogen-bond donors (Lipinski definition) is 1. The summed E-state index contributed by atoms with van der Waals surface area (Å²) in [7, 11) is 0. The normalized spacial score (nSPS) is 12.7. The first kappa shape index (κ1) is 10.3. The SMILES string of the molecule is Cc1ccc(C(N)c2csc(C)n2)cc1. The number of nitrogens with two attached hydrogens (primary N) is 1. The number of nitrogens with zero attached hydrogens (tertiary/aromatic N) is 1. The second-order valence-corrected chi connectivity index (χ2v) is 4.74. The van der Waals surface area contributed by atoms with Crippen molar-refractivity contribution in [3.8, 4) is 0 Å². The third-order valence-corrected chi connectivity index (χ3v) is 3.18. The Morgan fingerprint density at radius 3 is 2.40 bits per heavy atom. The third-order valence-electron chi connectivity index (χ3n) is 2.39. The second kappa shape index (κ2) is 4.13. The number of aryl methyl sites for hydroxylation is 2.